The van der Waals surface area contributed by atoms with E-state index in [0.717, 1.165) is 23.7 Å². The van der Waals surface area contributed by atoms with Crippen LogP contribution in [-0.4, -0.2) is 18.8 Å². The number of ether oxygens (including phenoxy) is 1. The Morgan fingerprint density at radius 2 is 2.50 bits per heavy atom. The third-order valence-corrected chi connectivity index (χ3v) is 4.08. The molecule has 0 radical (unpaired) electrons. The van der Waals surface area contributed by atoms with Gasteiger partial charge in [0.15, 0.2) is 6.29 Å². The van der Waals surface area contributed by atoms with Crippen molar-refractivity contribution in [1.29, 1.82) is 0 Å². The molecule has 1 fully saturated rings. The SMILES string of the molecule is O=C(NO[C@H]1CCCCO1)c1sccc1Br. The summed E-state index contributed by atoms with van der Waals surface area (Å²) in [6.45, 7) is 0.698. The summed E-state index contributed by atoms with van der Waals surface area (Å²) in [7, 11) is 0. The molecular weight excluding hydrogens is 294 g/mol. The zero-order valence-corrected chi connectivity index (χ0v) is 11.0. The van der Waals surface area contributed by atoms with Gasteiger partial charge >= 0.3 is 0 Å². The van der Waals surface area contributed by atoms with E-state index in [-0.39, 0.29) is 12.2 Å². The minimum Gasteiger partial charge on any atom is -0.350 e. The molecule has 2 heterocycles. The van der Waals surface area contributed by atoms with E-state index in [9.17, 15) is 4.79 Å². The largest absolute Gasteiger partial charge is 0.350 e. The van der Waals surface area contributed by atoms with Gasteiger partial charge in [0, 0.05) is 17.5 Å². The molecule has 1 amide bonds. The summed E-state index contributed by atoms with van der Waals surface area (Å²) in [6, 6.07) is 1.83. The van der Waals surface area contributed by atoms with Gasteiger partial charge < -0.3 is 4.74 Å². The minimum atomic E-state index is -0.309. The average molecular weight is 306 g/mol. The molecule has 1 aromatic rings. The van der Waals surface area contributed by atoms with Gasteiger partial charge in [0.2, 0.25) is 0 Å². The number of hydrogen-bond donors (Lipinski definition) is 1. The third kappa shape index (κ3) is 3.04. The van der Waals surface area contributed by atoms with Crippen molar-refractivity contribution in [3.8, 4) is 0 Å². The minimum absolute atomic E-state index is 0.240. The van der Waals surface area contributed by atoms with Gasteiger partial charge in [-0.1, -0.05) is 0 Å². The van der Waals surface area contributed by atoms with E-state index in [0.29, 0.717) is 11.5 Å². The molecule has 0 unspecified atom stereocenters. The van der Waals surface area contributed by atoms with E-state index < -0.39 is 0 Å². The van der Waals surface area contributed by atoms with Crippen molar-refractivity contribution < 1.29 is 14.4 Å². The Hall–Kier alpha value is -0.430. The van der Waals surface area contributed by atoms with Gasteiger partial charge in [0.25, 0.3) is 5.91 Å². The lowest BCUT2D eigenvalue weighted by atomic mass is 10.2. The highest BCUT2D eigenvalue weighted by Gasteiger charge is 2.17. The van der Waals surface area contributed by atoms with Crippen molar-refractivity contribution in [3.05, 3.63) is 20.8 Å². The normalized spacial score (nSPS) is 20.7. The molecule has 88 valence electrons. The van der Waals surface area contributed by atoms with E-state index >= 15 is 0 Å². The summed E-state index contributed by atoms with van der Waals surface area (Å²) in [5.41, 5.74) is 2.41. The Morgan fingerprint density at radius 3 is 3.12 bits per heavy atom. The molecule has 4 nitrogen and oxygen atoms in total. The highest BCUT2D eigenvalue weighted by Crippen LogP contribution is 2.22. The van der Waals surface area contributed by atoms with Crippen LogP contribution in [0.2, 0.25) is 0 Å². The van der Waals surface area contributed by atoms with Crippen molar-refractivity contribution in [2.24, 2.45) is 0 Å². The van der Waals surface area contributed by atoms with Crippen LogP contribution in [0.5, 0.6) is 0 Å². The first-order valence-corrected chi connectivity index (χ1v) is 6.75. The first kappa shape index (κ1) is 12.0. The van der Waals surface area contributed by atoms with E-state index in [1.165, 1.54) is 11.3 Å². The van der Waals surface area contributed by atoms with Gasteiger partial charge in [-0.15, -0.1) is 11.3 Å². The molecule has 1 N–H and O–H groups in total. The molecular formula is C10H12BrNO3S. The lowest BCUT2D eigenvalue weighted by Gasteiger charge is -2.21. The number of hydrogen-bond acceptors (Lipinski definition) is 4. The fraction of sp³-hybridized carbons (Fsp3) is 0.500. The molecule has 1 atom stereocenters. The number of thiophene rings is 1. The van der Waals surface area contributed by atoms with Crippen molar-refractivity contribution in [2.75, 3.05) is 6.61 Å². The van der Waals surface area contributed by atoms with Gasteiger partial charge in [-0.2, -0.15) is 0 Å². The van der Waals surface area contributed by atoms with Crippen LogP contribution in [0.15, 0.2) is 15.9 Å². The van der Waals surface area contributed by atoms with Gasteiger partial charge in [-0.05, 0) is 40.2 Å². The molecule has 1 aromatic heterocycles. The maximum absolute atomic E-state index is 11.7. The molecule has 0 spiro atoms. The number of carbonyl (C=O) groups excluding carboxylic acids is 1. The Morgan fingerprint density at radius 1 is 1.62 bits per heavy atom. The fourth-order valence-corrected chi connectivity index (χ4v) is 2.86. The first-order valence-electron chi connectivity index (χ1n) is 5.08. The van der Waals surface area contributed by atoms with Crippen molar-refractivity contribution in [1.82, 2.24) is 5.48 Å². The molecule has 1 aliphatic rings. The number of nitrogens with one attached hydrogen (secondary N) is 1. The van der Waals surface area contributed by atoms with E-state index in [1.54, 1.807) is 0 Å². The lowest BCUT2D eigenvalue weighted by molar-refractivity contribution is -0.186. The molecule has 1 saturated heterocycles. The van der Waals surface area contributed by atoms with Gasteiger partial charge in [0.1, 0.15) is 4.88 Å². The van der Waals surface area contributed by atoms with Crippen LogP contribution in [0.4, 0.5) is 0 Å². The number of carbonyl (C=O) groups is 1. The molecule has 0 aliphatic carbocycles. The summed E-state index contributed by atoms with van der Waals surface area (Å²) in [5, 5.41) is 1.84. The second-order valence-corrected chi connectivity index (χ2v) is 5.21. The number of rotatable bonds is 3. The standard InChI is InChI=1S/C10H12BrNO3S/c11-7-4-6-16-9(7)10(13)12-15-8-3-1-2-5-14-8/h4,6,8H,1-3,5H2,(H,12,13)/t8-/m0/s1. The van der Waals surface area contributed by atoms with E-state index in [1.807, 2.05) is 11.4 Å². The molecule has 0 aromatic carbocycles. The summed E-state index contributed by atoms with van der Waals surface area (Å²) in [5.74, 6) is -0.240. The Bertz CT molecular complexity index is 363. The monoisotopic (exact) mass is 305 g/mol. The van der Waals surface area contributed by atoms with Gasteiger partial charge in [-0.3, -0.25) is 4.79 Å². The van der Waals surface area contributed by atoms with Crippen LogP contribution < -0.4 is 5.48 Å². The second kappa shape index (κ2) is 5.77. The van der Waals surface area contributed by atoms with E-state index in [4.69, 9.17) is 9.57 Å². The molecule has 16 heavy (non-hydrogen) atoms. The summed E-state index contributed by atoms with van der Waals surface area (Å²) in [4.78, 5) is 17.5. The summed E-state index contributed by atoms with van der Waals surface area (Å²) < 4.78 is 6.11. The predicted octanol–water partition coefficient (Wildman–Crippen LogP) is 2.70. The predicted molar refractivity (Wildman–Crippen MR) is 64.2 cm³/mol. The Labute approximate surface area is 106 Å². The first-order chi connectivity index (χ1) is 7.77. The molecule has 1 aliphatic heterocycles. The summed E-state index contributed by atoms with van der Waals surface area (Å²) in [6.07, 6.45) is 2.65. The maximum atomic E-state index is 11.7. The zero-order valence-electron chi connectivity index (χ0n) is 8.57. The lowest BCUT2D eigenvalue weighted by Crippen LogP contribution is -2.32. The van der Waals surface area contributed by atoms with Crippen LogP contribution in [-0.2, 0) is 9.57 Å². The Balaban J connectivity index is 1.81. The van der Waals surface area contributed by atoms with Gasteiger partial charge in [-0.25, -0.2) is 10.3 Å². The molecule has 6 heteroatoms. The Kier molecular flexibility index (Phi) is 4.34. The van der Waals surface area contributed by atoms with Crippen LogP contribution in [0.3, 0.4) is 0 Å². The van der Waals surface area contributed by atoms with Crippen LogP contribution in [0, 0.1) is 0 Å². The van der Waals surface area contributed by atoms with Crippen LogP contribution >= 0.6 is 27.3 Å². The molecule has 2 rings (SSSR count). The van der Waals surface area contributed by atoms with Crippen LogP contribution in [0.1, 0.15) is 28.9 Å². The van der Waals surface area contributed by atoms with Crippen molar-refractivity contribution >= 4 is 33.2 Å². The van der Waals surface area contributed by atoms with Crippen molar-refractivity contribution in [3.63, 3.8) is 0 Å². The highest BCUT2D eigenvalue weighted by molar-refractivity contribution is 9.10. The van der Waals surface area contributed by atoms with E-state index in [2.05, 4.69) is 21.4 Å². The average Bonchev–Trinajstić information content (AvgIpc) is 2.74. The van der Waals surface area contributed by atoms with Crippen molar-refractivity contribution in [2.45, 2.75) is 25.6 Å². The highest BCUT2D eigenvalue weighted by atomic mass is 79.9. The molecule has 0 saturated carbocycles. The fourth-order valence-electron chi connectivity index (χ4n) is 1.43. The van der Waals surface area contributed by atoms with Gasteiger partial charge in [0.05, 0.1) is 0 Å². The second-order valence-electron chi connectivity index (χ2n) is 3.44. The third-order valence-electron chi connectivity index (χ3n) is 2.24. The number of amides is 1. The quantitative estimate of drug-likeness (QED) is 0.874. The number of halogens is 1. The maximum Gasteiger partial charge on any atom is 0.286 e. The zero-order chi connectivity index (χ0) is 11.4. The van der Waals surface area contributed by atoms with Crippen LogP contribution in [0.25, 0.3) is 0 Å². The smallest absolute Gasteiger partial charge is 0.286 e. The molecule has 0 bridgehead atoms. The summed E-state index contributed by atoms with van der Waals surface area (Å²) >= 11 is 4.66. The number of hydroxylamine groups is 1. The topological polar surface area (TPSA) is 47.6 Å².